The van der Waals surface area contributed by atoms with E-state index in [1.165, 1.54) is 27.8 Å². The lowest BCUT2D eigenvalue weighted by atomic mass is 9.89. The fourth-order valence-corrected chi connectivity index (χ4v) is 3.67. The van der Waals surface area contributed by atoms with E-state index in [1.54, 1.807) is 0 Å². The van der Waals surface area contributed by atoms with Crippen LogP contribution < -0.4 is 5.32 Å². The molecular formula is C19H25N3. The van der Waals surface area contributed by atoms with Crippen molar-refractivity contribution in [3.05, 3.63) is 64.5 Å². The van der Waals surface area contributed by atoms with Crippen LogP contribution in [0.4, 0.5) is 0 Å². The van der Waals surface area contributed by atoms with Gasteiger partial charge in [0.1, 0.15) is 0 Å². The molecule has 1 aliphatic heterocycles. The molecular weight excluding hydrogens is 270 g/mol. The van der Waals surface area contributed by atoms with E-state index in [2.05, 4.69) is 60.2 Å². The average molecular weight is 295 g/mol. The first-order valence-electron chi connectivity index (χ1n) is 8.09. The van der Waals surface area contributed by atoms with Gasteiger partial charge in [0.15, 0.2) is 0 Å². The van der Waals surface area contributed by atoms with E-state index in [0.717, 1.165) is 26.2 Å². The topological polar surface area (TPSA) is 28.2 Å². The van der Waals surface area contributed by atoms with Crippen molar-refractivity contribution in [2.75, 3.05) is 26.2 Å². The molecule has 1 unspecified atom stereocenters. The number of hydrogen-bond acceptors (Lipinski definition) is 3. The van der Waals surface area contributed by atoms with E-state index >= 15 is 0 Å². The molecule has 0 spiro atoms. The van der Waals surface area contributed by atoms with Crippen molar-refractivity contribution in [2.24, 2.45) is 0 Å². The summed E-state index contributed by atoms with van der Waals surface area (Å²) in [7, 11) is 0. The molecule has 1 saturated heterocycles. The molecule has 2 heterocycles. The predicted octanol–water partition coefficient (Wildman–Crippen LogP) is 3.00. The highest BCUT2D eigenvalue weighted by atomic mass is 15.2. The third-order valence-corrected chi connectivity index (χ3v) is 4.55. The molecule has 0 bridgehead atoms. The summed E-state index contributed by atoms with van der Waals surface area (Å²) in [5, 5.41) is 3.46. The number of nitrogens with one attached hydrogen (secondary N) is 1. The summed E-state index contributed by atoms with van der Waals surface area (Å²) in [4.78, 5) is 6.79. The molecule has 3 nitrogen and oxygen atoms in total. The Labute approximate surface area is 133 Å². The van der Waals surface area contributed by atoms with Crippen LogP contribution in [0.25, 0.3) is 0 Å². The van der Waals surface area contributed by atoms with Crippen molar-refractivity contribution in [1.82, 2.24) is 15.2 Å². The highest BCUT2D eigenvalue weighted by molar-refractivity contribution is 5.44. The van der Waals surface area contributed by atoms with Gasteiger partial charge in [-0.2, -0.15) is 0 Å². The van der Waals surface area contributed by atoms with Crippen molar-refractivity contribution in [2.45, 2.75) is 26.8 Å². The van der Waals surface area contributed by atoms with Crippen molar-refractivity contribution >= 4 is 0 Å². The van der Waals surface area contributed by atoms with E-state index in [9.17, 15) is 0 Å². The molecule has 1 aliphatic rings. The number of nitrogens with zero attached hydrogens (tertiary/aromatic N) is 2. The Balaban J connectivity index is 2.09. The normalized spacial score (nSPS) is 17.4. The lowest BCUT2D eigenvalue weighted by molar-refractivity contribution is 0.197. The Bertz CT molecular complexity index is 607. The lowest BCUT2D eigenvalue weighted by Crippen LogP contribution is -2.45. The van der Waals surface area contributed by atoms with Gasteiger partial charge in [-0.15, -0.1) is 0 Å². The minimum atomic E-state index is 0.325. The Morgan fingerprint density at radius 3 is 2.18 bits per heavy atom. The first-order valence-corrected chi connectivity index (χ1v) is 8.09. The monoisotopic (exact) mass is 295 g/mol. The highest BCUT2D eigenvalue weighted by Gasteiger charge is 2.26. The van der Waals surface area contributed by atoms with E-state index in [0.29, 0.717) is 6.04 Å². The van der Waals surface area contributed by atoms with Crippen LogP contribution in [0, 0.1) is 20.8 Å². The molecule has 22 heavy (non-hydrogen) atoms. The van der Waals surface area contributed by atoms with Crippen molar-refractivity contribution in [3.63, 3.8) is 0 Å². The van der Waals surface area contributed by atoms with Gasteiger partial charge in [0.2, 0.25) is 0 Å². The molecule has 1 aromatic heterocycles. The lowest BCUT2D eigenvalue weighted by Gasteiger charge is -2.37. The van der Waals surface area contributed by atoms with E-state index < -0.39 is 0 Å². The second-order valence-corrected chi connectivity index (χ2v) is 6.28. The number of aromatic nitrogens is 1. The zero-order chi connectivity index (χ0) is 15.5. The van der Waals surface area contributed by atoms with Crippen LogP contribution in [0.2, 0.25) is 0 Å². The first-order chi connectivity index (χ1) is 10.7. The van der Waals surface area contributed by atoms with Crippen LogP contribution in [0.5, 0.6) is 0 Å². The summed E-state index contributed by atoms with van der Waals surface area (Å²) in [6.07, 6.45) is 3.81. The van der Waals surface area contributed by atoms with Crippen molar-refractivity contribution in [3.8, 4) is 0 Å². The standard InChI is InChI=1S/C19H25N3/c1-14-12-15(2)18(16(3)13-14)19(17-4-6-20-7-5-17)22-10-8-21-9-11-22/h4-7,12-13,19,21H,8-11H2,1-3H3. The Hall–Kier alpha value is -1.71. The molecule has 0 saturated carbocycles. The Kier molecular flexibility index (Phi) is 4.55. The quantitative estimate of drug-likeness (QED) is 0.943. The first kappa shape index (κ1) is 15.2. The average Bonchev–Trinajstić information content (AvgIpc) is 2.52. The number of benzene rings is 1. The van der Waals surface area contributed by atoms with Crippen LogP contribution in [0.15, 0.2) is 36.7 Å². The van der Waals surface area contributed by atoms with Crippen LogP contribution in [-0.2, 0) is 0 Å². The van der Waals surface area contributed by atoms with Gasteiger partial charge in [0.25, 0.3) is 0 Å². The fourth-order valence-electron chi connectivity index (χ4n) is 3.67. The zero-order valence-electron chi connectivity index (χ0n) is 13.8. The number of pyridine rings is 1. The molecule has 1 atom stereocenters. The third kappa shape index (κ3) is 3.06. The molecule has 2 aromatic rings. The number of piperazine rings is 1. The number of hydrogen-bond donors (Lipinski definition) is 1. The summed E-state index contributed by atoms with van der Waals surface area (Å²) in [5.41, 5.74) is 6.91. The molecule has 116 valence electrons. The summed E-state index contributed by atoms with van der Waals surface area (Å²) in [6.45, 7) is 10.9. The second-order valence-electron chi connectivity index (χ2n) is 6.28. The molecule has 1 N–H and O–H groups in total. The number of rotatable bonds is 3. The van der Waals surface area contributed by atoms with Gasteiger partial charge in [-0.3, -0.25) is 9.88 Å². The summed E-state index contributed by atoms with van der Waals surface area (Å²) in [5.74, 6) is 0. The molecule has 3 heteroatoms. The van der Waals surface area contributed by atoms with E-state index in [1.807, 2.05) is 12.4 Å². The highest BCUT2D eigenvalue weighted by Crippen LogP contribution is 2.33. The van der Waals surface area contributed by atoms with Crippen molar-refractivity contribution in [1.29, 1.82) is 0 Å². The second kappa shape index (κ2) is 6.59. The molecule has 1 fully saturated rings. The van der Waals surface area contributed by atoms with Crippen LogP contribution in [0.1, 0.15) is 33.9 Å². The molecule has 0 amide bonds. The van der Waals surface area contributed by atoms with Crippen LogP contribution in [0.3, 0.4) is 0 Å². The molecule has 3 rings (SSSR count). The largest absolute Gasteiger partial charge is 0.314 e. The zero-order valence-corrected chi connectivity index (χ0v) is 13.8. The van der Waals surface area contributed by atoms with Gasteiger partial charge < -0.3 is 5.32 Å². The van der Waals surface area contributed by atoms with Gasteiger partial charge >= 0.3 is 0 Å². The smallest absolute Gasteiger partial charge is 0.0608 e. The van der Waals surface area contributed by atoms with Crippen molar-refractivity contribution < 1.29 is 0 Å². The van der Waals surface area contributed by atoms with Gasteiger partial charge in [-0.05, 0) is 55.2 Å². The predicted molar refractivity (Wildman–Crippen MR) is 91.2 cm³/mol. The summed E-state index contributed by atoms with van der Waals surface area (Å²) >= 11 is 0. The Morgan fingerprint density at radius 1 is 1.00 bits per heavy atom. The van der Waals surface area contributed by atoms with Crippen LogP contribution in [-0.4, -0.2) is 36.1 Å². The minimum absolute atomic E-state index is 0.325. The maximum absolute atomic E-state index is 4.19. The number of aryl methyl sites for hydroxylation is 3. The van der Waals surface area contributed by atoms with E-state index in [-0.39, 0.29) is 0 Å². The summed E-state index contributed by atoms with van der Waals surface area (Å²) < 4.78 is 0. The molecule has 1 aromatic carbocycles. The summed E-state index contributed by atoms with van der Waals surface area (Å²) in [6, 6.07) is 9.25. The maximum Gasteiger partial charge on any atom is 0.0608 e. The molecule has 0 radical (unpaired) electrons. The van der Waals surface area contributed by atoms with Crippen LogP contribution >= 0.6 is 0 Å². The molecule has 0 aliphatic carbocycles. The Morgan fingerprint density at radius 2 is 1.59 bits per heavy atom. The van der Waals surface area contributed by atoms with Gasteiger partial charge in [-0.1, -0.05) is 17.7 Å². The van der Waals surface area contributed by atoms with Gasteiger partial charge in [-0.25, -0.2) is 0 Å². The van der Waals surface area contributed by atoms with E-state index in [4.69, 9.17) is 0 Å². The van der Waals surface area contributed by atoms with Gasteiger partial charge in [0, 0.05) is 38.6 Å². The SMILES string of the molecule is Cc1cc(C)c(C(c2ccncc2)N2CCNCC2)c(C)c1. The third-order valence-electron chi connectivity index (χ3n) is 4.55. The fraction of sp³-hybridized carbons (Fsp3) is 0.421. The minimum Gasteiger partial charge on any atom is -0.314 e. The van der Waals surface area contributed by atoms with Gasteiger partial charge in [0.05, 0.1) is 6.04 Å². The maximum atomic E-state index is 4.19.